The lowest BCUT2D eigenvalue weighted by atomic mass is 9.84. The van der Waals surface area contributed by atoms with Gasteiger partial charge in [-0.15, -0.1) is 0 Å². The van der Waals surface area contributed by atoms with Crippen molar-refractivity contribution >= 4 is 14.3 Å². The van der Waals surface area contributed by atoms with E-state index in [-0.39, 0.29) is 23.0 Å². The zero-order valence-corrected chi connectivity index (χ0v) is 22.9. The highest BCUT2D eigenvalue weighted by molar-refractivity contribution is 6.74. The number of carboxylic acids is 1. The Morgan fingerprint density at radius 3 is 2.15 bits per heavy atom. The maximum absolute atomic E-state index is 12.0. The number of benzene rings is 1. The van der Waals surface area contributed by atoms with Crippen molar-refractivity contribution < 1.29 is 23.8 Å². The highest BCUT2D eigenvalue weighted by atomic mass is 28.4. The van der Waals surface area contributed by atoms with Crippen molar-refractivity contribution in [2.45, 2.75) is 78.5 Å². The lowest BCUT2D eigenvalue weighted by Crippen LogP contribution is -2.51. The lowest BCUT2D eigenvalue weighted by Gasteiger charge is -2.44. The first-order valence-corrected chi connectivity index (χ1v) is 14.6. The number of rotatable bonds is 13. The van der Waals surface area contributed by atoms with Crippen LogP contribution in [-0.2, 0) is 20.6 Å². The van der Waals surface area contributed by atoms with Crippen LogP contribution < -0.4 is 4.74 Å². The minimum Gasteiger partial charge on any atom is -0.497 e. The van der Waals surface area contributed by atoms with E-state index in [0.717, 1.165) is 11.3 Å². The van der Waals surface area contributed by atoms with Crippen LogP contribution in [0.15, 0.2) is 49.1 Å². The molecule has 5 atom stereocenters. The van der Waals surface area contributed by atoms with E-state index in [1.54, 1.807) is 20.1 Å². The predicted molar refractivity (Wildman–Crippen MR) is 138 cm³/mol. The van der Waals surface area contributed by atoms with E-state index >= 15 is 0 Å². The standard InChI is InChI=1S/C27H44O5Si/c1-11-12-13-19(2)24(31-18-22-14-16-23(30-8)17-15-22)20(3)25(21(4)26(28)29)32-33(9,10)27(5,6)7/h11-17,19-21,24-25H,1,18H2,2-10H3,(H,28,29)/b13-12-. The molecular weight excluding hydrogens is 432 g/mol. The van der Waals surface area contributed by atoms with Crippen LogP contribution in [0.4, 0.5) is 0 Å². The molecule has 0 bridgehead atoms. The maximum Gasteiger partial charge on any atom is 0.308 e. The lowest BCUT2D eigenvalue weighted by molar-refractivity contribution is -0.148. The van der Waals surface area contributed by atoms with Crippen LogP contribution in [0, 0.1) is 17.8 Å². The SMILES string of the molecule is C=C/C=C\C(C)C(OCc1ccc(OC)cc1)C(C)C(O[Si](C)(C)C(C)(C)C)C(C)C(=O)O. The molecule has 0 spiro atoms. The van der Waals surface area contributed by atoms with E-state index in [4.69, 9.17) is 13.9 Å². The summed E-state index contributed by atoms with van der Waals surface area (Å²) in [6, 6.07) is 7.78. The number of carbonyl (C=O) groups is 1. The summed E-state index contributed by atoms with van der Waals surface area (Å²) >= 11 is 0. The molecule has 5 unspecified atom stereocenters. The normalized spacial score (nSPS) is 17.2. The number of carboxylic acid groups (broad SMARTS) is 1. The first-order chi connectivity index (χ1) is 15.2. The third-order valence-corrected chi connectivity index (χ3v) is 11.3. The Hall–Kier alpha value is -1.89. The Labute approximate surface area is 202 Å². The van der Waals surface area contributed by atoms with Crippen LogP contribution >= 0.6 is 0 Å². The third kappa shape index (κ3) is 8.43. The van der Waals surface area contributed by atoms with Gasteiger partial charge in [0, 0.05) is 11.8 Å². The molecule has 0 saturated carbocycles. The number of ether oxygens (including phenoxy) is 2. The van der Waals surface area contributed by atoms with E-state index in [9.17, 15) is 9.90 Å². The molecule has 0 aliphatic carbocycles. The van der Waals surface area contributed by atoms with Gasteiger partial charge in [-0.2, -0.15) is 0 Å². The molecule has 0 fully saturated rings. The van der Waals surface area contributed by atoms with Gasteiger partial charge in [-0.25, -0.2) is 0 Å². The minimum absolute atomic E-state index is 0.0308. The molecule has 1 N–H and O–H groups in total. The van der Waals surface area contributed by atoms with Gasteiger partial charge in [0.1, 0.15) is 5.75 Å². The Balaban J connectivity index is 3.26. The van der Waals surface area contributed by atoms with E-state index in [0.29, 0.717) is 6.61 Å². The summed E-state index contributed by atoms with van der Waals surface area (Å²) in [6.07, 6.45) is 5.00. The monoisotopic (exact) mass is 476 g/mol. The number of methoxy groups -OCH3 is 1. The second-order valence-corrected chi connectivity index (χ2v) is 15.2. The fraction of sp³-hybridized carbons (Fsp3) is 0.593. The first-order valence-electron chi connectivity index (χ1n) is 11.7. The van der Waals surface area contributed by atoms with Gasteiger partial charge in [-0.05, 0) is 42.8 Å². The summed E-state index contributed by atoms with van der Waals surface area (Å²) in [5, 5.41) is 9.84. The molecule has 1 rings (SSSR count). The minimum atomic E-state index is -2.21. The van der Waals surface area contributed by atoms with E-state index in [2.05, 4.69) is 53.4 Å². The number of allylic oxidation sites excluding steroid dienone is 2. The molecule has 0 radical (unpaired) electrons. The van der Waals surface area contributed by atoms with Crippen LogP contribution in [0.5, 0.6) is 5.75 Å². The smallest absolute Gasteiger partial charge is 0.308 e. The molecule has 0 heterocycles. The van der Waals surface area contributed by atoms with Gasteiger partial charge in [0.05, 0.1) is 31.8 Å². The summed E-state index contributed by atoms with van der Waals surface area (Å²) in [5.74, 6) is -0.815. The molecule has 5 nitrogen and oxygen atoms in total. The molecule has 33 heavy (non-hydrogen) atoms. The average molecular weight is 477 g/mol. The quantitative estimate of drug-likeness (QED) is 0.253. The van der Waals surface area contributed by atoms with Gasteiger partial charge in [0.25, 0.3) is 0 Å². The first kappa shape index (κ1) is 29.1. The molecule has 0 aliphatic rings. The van der Waals surface area contributed by atoms with Gasteiger partial charge >= 0.3 is 5.97 Å². The maximum atomic E-state index is 12.0. The topological polar surface area (TPSA) is 65.0 Å². The summed E-state index contributed by atoms with van der Waals surface area (Å²) in [6.45, 7) is 20.9. The van der Waals surface area contributed by atoms with Gasteiger partial charge < -0.3 is 19.0 Å². The van der Waals surface area contributed by atoms with Crippen LogP contribution in [0.3, 0.4) is 0 Å². The van der Waals surface area contributed by atoms with E-state index in [1.165, 1.54) is 0 Å². The van der Waals surface area contributed by atoms with Gasteiger partial charge in [-0.1, -0.05) is 71.6 Å². The highest BCUT2D eigenvalue weighted by Gasteiger charge is 2.44. The van der Waals surface area contributed by atoms with Crippen molar-refractivity contribution in [1.82, 2.24) is 0 Å². The van der Waals surface area contributed by atoms with Crippen LogP contribution in [0.2, 0.25) is 18.1 Å². The van der Waals surface area contributed by atoms with Crippen molar-refractivity contribution in [2.75, 3.05) is 7.11 Å². The van der Waals surface area contributed by atoms with Crippen molar-refractivity contribution in [3.63, 3.8) is 0 Å². The van der Waals surface area contributed by atoms with E-state index < -0.39 is 26.3 Å². The van der Waals surface area contributed by atoms with E-state index in [1.807, 2.05) is 37.3 Å². The predicted octanol–water partition coefficient (Wildman–Crippen LogP) is 6.71. The molecule has 0 amide bonds. The second kappa shape index (κ2) is 12.5. The van der Waals surface area contributed by atoms with Crippen LogP contribution in [0.25, 0.3) is 0 Å². The Morgan fingerprint density at radius 2 is 1.70 bits per heavy atom. The second-order valence-electron chi connectivity index (χ2n) is 10.4. The number of hydrogen-bond donors (Lipinski definition) is 1. The summed E-state index contributed by atoms with van der Waals surface area (Å²) < 4.78 is 18.4. The molecule has 6 heteroatoms. The van der Waals surface area contributed by atoms with Crippen molar-refractivity contribution in [3.05, 3.63) is 54.6 Å². The fourth-order valence-corrected chi connectivity index (χ4v) is 5.02. The Kier molecular flexibility index (Phi) is 11.1. The Bertz CT molecular complexity index is 779. The fourth-order valence-electron chi connectivity index (χ4n) is 3.57. The number of hydrogen-bond acceptors (Lipinski definition) is 4. The molecule has 0 aliphatic heterocycles. The van der Waals surface area contributed by atoms with Crippen molar-refractivity contribution in [2.24, 2.45) is 17.8 Å². The molecule has 0 saturated heterocycles. The van der Waals surface area contributed by atoms with Gasteiger partial charge in [-0.3, -0.25) is 4.79 Å². The third-order valence-electron chi connectivity index (χ3n) is 6.83. The molecule has 186 valence electrons. The zero-order chi connectivity index (χ0) is 25.4. The average Bonchev–Trinajstić information content (AvgIpc) is 2.75. The van der Waals surface area contributed by atoms with Gasteiger partial charge in [0.2, 0.25) is 0 Å². The van der Waals surface area contributed by atoms with Gasteiger partial charge in [0.15, 0.2) is 8.32 Å². The van der Waals surface area contributed by atoms with Crippen LogP contribution in [-0.4, -0.2) is 38.7 Å². The largest absolute Gasteiger partial charge is 0.497 e. The van der Waals surface area contributed by atoms with Crippen LogP contribution in [0.1, 0.15) is 47.1 Å². The summed E-state index contributed by atoms with van der Waals surface area (Å²) in [5.41, 5.74) is 1.03. The summed E-state index contributed by atoms with van der Waals surface area (Å²) in [4.78, 5) is 12.0. The highest BCUT2D eigenvalue weighted by Crippen LogP contribution is 2.40. The van der Waals surface area contributed by atoms with Crippen molar-refractivity contribution in [1.29, 1.82) is 0 Å². The molecule has 0 aromatic heterocycles. The molecule has 1 aromatic rings. The van der Waals surface area contributed by atoms with Crippen molar-refractivity contribution in [3.8, 4) is 5.75 Å². The zero-order valence-electron chi connectivity index (χ0n) is 21.9. The molecule has 1 aromatic carbocycles. The Morgan fingerprint density at radius 1 is 1.12 bits per heavy atom. The number of aliphatic carboxylic acids is 1. The molecular formula is C27H44O5Si. The summed E-state index contributed by atoms with van der Waals surface area (Å²) in [7, 11) is -0.568.